The Labute approximate surface area is 202 Å². The number of unbranched alkanes of at least 4 members (excludes halogenated alkanes) is 2. The summed E-state index contributed by atoms with van der Waals surface area (Å²) in [5.74, 6) is 1.37. The second-order valence-corrected chi connectivity index (χ2v) is 8.28. The van der Waals surface area contributed by atoms with Gasteiger partial charge in [-0.2, -0.15) is 5.10 Å². The Morgan fingerprint density at radius 1 is 0.857 bits per heavy atom. The van der Waals surface area contributed by atoms with E-state index in [4.69, 9.17) is 9.47 Å². The van der Waals surface area contributed by atoms with Crippen molar-refractivity contribution in [2.75, 3.05) is 13.2 Å². The number of aromatic nitrogens is 4. The van der Waals surface area contributed by atoms with Crippen LogP contribution in [-0.2, 0) is 11.3 Å². The Morgan fingerprint density at radius 2 is 1.57 bits per heavy atom. The molecule has 0 atom stereocenters. The van der Waals surface area contributed by atoms with E-state index in [-0.39, 0.29) is 6.54 Å². The van der Waals surface area contributed by atoms with Gasteiger partial charge in [0, 0.05) is 27.9 Å². The van der Waals surface area contributed by atoms with E-state index >= 15 is 0 Å². The van der Waals surface area contributed by atoms with Gasteiger partial charge in [-0.1, -0.05) is 18.2 Å². The van der Waals surface area contributed by atoms with Crippen molar-refractivity contribution >= 4 is 27.8 Å². The highest BCUT2D eigenvalue weighted by Gasteiger charge is 2.13. The third kappa shape index (κ3) is 5.11. The summed E-state index contributed by atoms with van der Waals surface area (Å²) in [5.41, 5.74) is 2.72. The number of fused-ring (bicyclic) bond motifs is 3. The fraction of sp³-hybridized carbons (Fsp3) is 0.222. The van der Waals surface area contributed by atoms with Crippen molar-refractivity contribution in [1.82, 2.24) is 19.7 Å². The molecule has 0 spiro atoms. The molecule has 0 aliphatic heterocycles. The quantitative estimate of drug-likeness (QED) is 0.254. The largest absolute Gasteiger partial charge is 0.494 e. The lowest BCUT2D eigenvalue weighted by Gasteiger charge is -2.09. The Morgan fingerprint density at radius 3 is 2.31 bits per heavy atom. The first-order chi connectivity index (χ1) is 17.2. The molecule has 0 bridgehead atoms. The molecule has 2 aromatic heterocycles. The van der Waals surface area contributed by atoms with Gasteiger partial charge in [0.25, 0.3) is 0 Å². The summed E-state index contributed by atoms with van der Waals surface area (Å²) >= 11 is 0. The molecule has 3 aromatic carbocycles. The fourth-order valence-corrected chi connectivity index (χ4v) is 4.23. The van der Waals surface area contributed by atoms with Crippen LogP contribution in [-0.4, -0.2) is 44.0 Å². The molecule has 0 unspecified atom stereocenters. The van der Waals surface area contributed by atoms with Crippen molar-refractivity contribution in [2.24, 2.45) is 0 Å². The van der Waals surface area contributed by atoms with Crippen LogP contribution in [0.2, 0.25) is 0 Å². The molecule has 0 fully saturated rings. The summed E-state index contributed by atoms with van der Waals surface area (Å²) in [5, 5.41) is 18.2. The number of aromatic amines is 1. The topological polar surface area (TPSA) is 102 Å². The molecular formula is C27H26N4O4. The van der Waals surface area contributed by atoms with Crippen molar-refractivity contribution in [3.63, 3.8) is 0 Å². The minimum atomic E-state index is -0.869. The van der Waals surface area contributed by atoms with E-state index in [2.05, 4.69) is 15.2 Å². The monoisotopic (exact) mass is 470 g/mol. The normalized spacial score (nSPS) is 11.2. The summed E-state index contributed by atoms with van der Waals surface area (Å²) in [6.07, 6.45) is 4.37. The Kier molecular flexibility index (Phi) is 6.61. The molecule has 2 N–H and O–H groups in total. The second-order valence-electron chi connectivity index (χ2n) is 8.28. The molecule has 0 saturated heterocycles. The average Bonchev–Trinajstić information content (AvgIpc) is 3.51. The number of aliphatic carboxylic acids is 1. The Balaban J connectivity index is 1.10. The number of rotatable bonds is 11. The van der Waals surface area contributed by atoms with E-state index in [1.165, 1.54) is 0 Å². The molecule has 0 radical (unpaired) electrons. The van der Waals surface area contributed by atoms with Crippen LogP contribution >= 0.6 is 0 Å². The zero-order chi connectivity index (χ0) is 24.0. The fourth-order valence-electron chi connectivity index (χ4n) is 4.23. The predicted octanol–water partition coefficient (Wildman–Crippen LogP) is 5.29. The third-order valence-corrected chi connectivity index (χ3v) is 5.89. The maximum atomic E-state index is 11.4. The van der Waals surface area contributed by atoms with Gasteiger partial charge in [-0.3, -0.25) is 9.89 Å². The number of nitrogens with zero attached hydrogens (tertiary/aromatic N) is 3. The van der Waals surface area contributed by atoms with Crippen LogP contribution in [0.25, 0.3) is 33.2 Å². The van der Waals surface area contributed by atoms with Gasteiger partial charge in [-0.25, -0.2) is 4.98 Å². The average molecular weight is 471 g/mol. The van der Waals surface area contributed by atoms with Crippen LogP contribution in [0.3, 0.4) is 0 Å². The van der Waals surface area contributed by atoms with E-state index in [1.54, 1.807) is 6.33 Å². The van der Waals surface area contributed by atoms with Gasteiger partial charge in [0.05, 0.1) is 18.7 Å². The van der Waals surface area contributed by atoms with Gasteiger partial charge < -0.3 is 19.1 Å². The van der Waals surface area contributed by atoms with Crippen LogP contribution in [0.5, 0.6) is 11.5 Å². The molecular weight excluding hydrogens is 444 g/mol. The molecule has 0 saturated carbocycles. The molecule has 0 amide bonds. The Hall–Kier alpha value is -4.33. The number of carboxylic acids is 1. The van der Waals surface area contributed by atoms with E-state index in [0.717, 1.165) is 58.1 Å². The first-order valence-corrected chi connectivity index (χ1v) is 11.6. The molecule has 178 valence electrons. The van der Waals surface area contributed by atoms with Crippen LogP contribution in [0.15, 0.2) is 73.1 Å². The molecule has 8 nitrogen and oxygen atoms in total. The number of para-hydroxylation sites is 1. The number of ether oxygens (including phenoxy) is 2. The summed E-state index contributed by atoms with van der Waals surface area (Å²) in [6.45, 7) is 1.15. The zero-order valence-corrected chi connectivity index (χ0v) is 19.2. The molecule has 2 heterocycles. The van der Waals surface area contributed by atoms with Crippen molar-refractivity contribution < 1.29 is 19.4 Å². The van der Waals surface area contributed by atoms with Gasteiger partial charge in [-0.05, 0) is 61.7 Å². The number of carboxylic acid groups (broad SMARTS) is 1. The first kappa shape index (κ1) is 22.5. The third-order valence-electron chi connectivity index (χ3n) is 5.89. The van der Waals surface area contributed by atoms with E-state index in [9.17, 15) is 9.90 Å². The highest BCUT2D eigenvalue weighted by Crippen LogP contribution is 2.31. The minimum absolute atomic E-state index is 0.0872. The van der Waals surface area contributed by atoms with Crippen LogP contribution in [0.4, 0.5) is 0 Å². The lowest BCUT2D eigenvalue weighted by Crippen LogP contribution is -2.08. The first-order valence-electron chi connectivity index (χ1n) is 11.6. The van der Waals surface area contributed by atoms with Crippen molar-refractivity contribution in [1.29, 1.82) is 0 Å². The summed E-state index contributed by atoms with van der Waals surface area (Å²) in [6, 6.07) is 21.5. The molecule has 35 heavy (non-hydrogen) atoms. The van der Waals surface area contributed by atoms with Gasteiger partial charge in [-0.15, -0.1) is 0 Å². The van der Waals surface area contributed by atoms with E-state index in [0.29, 0.717) is 19.0 Å². The van der Waals surface area contributed by atoms with Gasteiger partial charge in [0.15, 0.2) is 5.82 Å². The second kappa shape index (κ2) is 10.3. The minimum Gasteiger partial charge on any atom is -0.494 e. The zero-order valence-electron chi connectivity index (χ0n) is 19.2. The number of H-pyrrole nitrogens is 1. The molecule has 5 rings (SSSR count). The number of benzene rings is 3. The van der Waals surface area contributed by atoms with E-state index in [1.807, 2.05) is 71.3 Å². The van der Waals surface area contributed by atoms with Gasteiger partial charge in [0.1, 0.15) is 24.4 Å². The van der Waals surface area contributed by atoms with Crippen molar-refractivity contribution in [3.05, 3.63) is 73.1 Å². The molecule has 0 aliphatic rings. The van der Waals surface area contributed by atoms with E-state index < -0.39 is 5.97 Å². The SMILES string of the molecule is O=C(O)Cn1c2ccccc2c2ccc(OCCCCCOc3ccc(-c4nc[nH]n4)cc3)cc21. The Bertz CT molecular complexity index is 1430. The molecule has 8 heteroatoms. The van der Waals surface area contributed by atoms with Crippen LogP contribution < -0.4 is 9.47 Å². The molecule has 5 aromatic rings. The molecule has 0 aliphatic carbocycles. The summed E-state index contributed by atoms with van der Waals surface area (Å²) < 4.78 is 13.6. The van der Waals surface area contributed by atoms with Gasteiger partial charge in [0.2, 0.25) is 0 Å². The maximum Gasteiger partial charge on any atom is 0.323 e. The van der Waals surface area contributed by atoms with Crippen molar-refractivity contribution in [3.8, 4) is 22.9 Å². The lowest BCUT2D eigenvalue weighted by atomic mass is 10.1. The highest BCUT2D eigenvalue weighted by molar-refractivity contribution is 6.08. The van der Waals surface area contributed by atoms with Gasteiger partial charge >= 0.3 is 5.97 Å². The predicted molar refractivity (Wildman–Crippen MR) is 134 cm³/mol. The number of nitrogens with one attached hydrogen (secondary N) is 1. The number of hydrogen-bond donors (Lipinski definition) is 2. The maximum absolute atomic E-state index is 11.4. The smallest absolute Gasteiger partial charge is 0.323 e. The summed E-state index contributed by atoms with van der Waals surface area (Å²) in [4.78, 5) is 15.6. The number of carbonyl (C=O) groups is 1. The standard InChI is InChI=1S/C27H26N4O4/c32-26(33)17-31-24-7-3-2-6-22(24)23-13-12-21(16-25(23)31)35-15-5-1-4-14-34-20-10-8-19(9-11-20)27-28-18-29-30-27/h2-3,6-13,16,18H,1,4-5,14-15,17H2,(H,32,33)(H,28,29,30). The lowest BCUT2D eigenvalue weighted by molar-refractivity contribution is -0.137. The van der Waals surface area contributed by atoms with Crippen LogP contribution in [0, 0.1) is 0 Å². The van der Waals surface area contributed by atoms with Crippen molar-refractivity contribution in [2.45, 2.75) is 25.8 Å². The number of hydrogen-bond acceptors (Lipinski definition) is 5. The van der Waals surface area contributed by atoms with Crippen LogP contribution in [0.1, 0.15) is 19.3 Å². The summed E-state index contributed by atoms with van der Waals surface area (Å²) in [7, 11) is 0. The highest BCUT2D eigenvalue weighted by atomic mass is 16.5.